The van der Waals surface area contributed by atoms with E-state index in [0.29, 0.717) is 12.1 Å². The van der Waals surface area contributed by atoms with Gasteiger partial charge in [-0.1, -0.05) is 0 Å². The molecule has 13 heavy (non-hydrogen) atoms. The molecule has 0 aliphatic heterocycles. The molecule has 0 amide bonds. The summed E-state index contributed by atoms with van der Waals surface area (Å²) in [6, 6.07) is 3.78. The summed E-state index contributed by atoms with van der Waals surface area (Å²) in [5.41, 5.74) is 1.89. The van der Waals surface area contributed by atoms with Crippen molar-refractivity contribution in [3.05, 3.63) is 23.9 Å². The van der Waals surface area contributed by atoms with Crippen molar-refractivity contribution in [2.75, 3.05) is 0 Å². The first kappa shape index (κ1) is 9.21. The van der Waals surface area contributed by atoms with Crippen LogP contribution in [0.15, 0.2) is 18.3 Å². The third-order valence-corrected chi connectivity index (χ3v) is 3.74. The van der Waals surface area contributed by atoms with Crippen molar-refractivity contribution in [2.24, 2.45) is 0 Å². The van der Waals surface area contributed by atoms with Crippen molar-refractivity contribution in [2.45, 2.75) is 6.92 Å². The molecule has 0 bridgehead atoms. The summed E-state index contributed by atoms with van der Waals surface area (Å²) in [5, 5.41) is 14.9. The van der Waals surface area contributed by atoms with Gasteiger partial charge in [0.2, 0.25) is 0 Å². The minimum Gasteiger partial charge on any atom is -0.506 e. The molecule has 0 spiro atoms. The second kappa shape index (κ2) is 3.42. The summed E-state index contributed by atoms with van der Waals surface area (Å²) in [6.45, 7) is 1.96. The van der Waals surface area contributed by atoms with Gasteiger partial charge in [-0.05, 0) is 46.7 Å². The van der Waals surface area contributed by atoms with E-state index in [4.69, 9.17) is 0 Å². The zero-order chi connectivity index (χ0) is 9.42. The van der Waals surface area contributed by atoms with Crippen molar-refractivity contribution in [3.63, 3.8) is 0 Å². The van der Waals surface area contributed by atoms with Gasteiger partial charge in [-0.25, -0.2) is 4.45 Å². The first-order chi connectivity index (χ1) is 6.22. The molecule has 0 saturated carbocycles. The number of nitrogens with zero attached hydrogens (tertiary/aromatic N) is 2. The van der Waals surface area contributed by atoms with Crippen LogP contribution in [0.1, 0.15) is 5.56 Å². The molecule has 0 saturated heterocycles. The lowest BCUT2D eigenvalue weighted by Gasteiger charge is -2.00. The van der Waals surface area contributed by atoms with Crippen molar-refractivity contribution in [1.82, 2.24) is 9.55 Å². The minimum atomic E-state index is 0.316. The molecule has 0 fully saturated rings. The Balaban J connectivity index is 2.82. The lowest BCUT2D eigenvalue weighted by molar-refractivity contribution is 0.479. The van der Waals surface area contributed by atoms with Crippen LogP contribution in [0.2, 0.25) is 0 Å². The maximum Gasteiger partial charge on any atom is 0.142 e. The van der Waals surface area contributed by atoms with Crippen LogP contribution in [0.3, 0.4) is 0 Å². The smallest absolute Gasteiger partial charge is 0.142 e. The Morgan fingerprint density at radius 3 is 3.00 bits per heavy atom. The first-order valence-corrected chi connectivity index (χ1v) is 7.82. The van der Waals surface area contributed by atoms with Gasteiger partial charge in [0.25, 0.3) is 0 Å². The molecule has 5 heteroatoms. The Bertz CT molecular complexity index is 455. The summed E-state index contributed by atoms with van der Waals surface area (Å²) in [6.07, 6.45) is 2.30. The summed E-state index contributed by atoms with van der Waals surface area (Å²) in [5.74, 6) is 0.316. The molecule has 1 unspecified atom stereocenters. The molecule has 2 rings (SSSR count). The van der Waals surface area contributed by atoms with Gasteiger partial charge in [-0.15, -0.1) is 0 Å². The van der Waals surface area contributed by atoms with Crippen LogP contribution >= 0.6 is 28.4 Å². The highest BCUT2D eigenvalue weighted by molar-refractivity contribution is 14.2. The van der Waals surface area contributed by atoms with E-state index in [1.807, 2.05) is 17.4 Å². The number of fused-ring (bicyclic) bond motifs is 1. The Morgan fingerprint density at radius 2 is 2.31 bits per heavy atom. The SMILES string of the molecule is Cc1cc(O)c2c(cnn2PI)c1. The van der Waals surface area contributed by atoms with Crippen LogP contribution < -0.4 is 0 Å². The van der Waals surface area contributed by atoms with Gasteiger partial charge in [0, 0.05) is 5.39 Å². The van der Waals surface area contributed by atoms with Gasteiger partial charge < -0.3 is 5.11 Å². The van der Waals surface area contributed by atoms with Gasteiger partial charge >= 0.3 is 0 Å². The first-order valence-electron chi connectivity index (χ1n) is 3.76. The molecule has 0 aliphatic rings. The number of phenolic OH excluding ortho intramolecular Hbond substituents is 1. The Hall–Kier alpha value is -0.350. The van der Waals surface area contributed by atoms with E-state index in [-0.39, 0.29) is 0 Å². The number of hydrogen-bond donors (Lipinski definition) is 1. The molecule has 1 heterocycles. The average Bonchev–Trinajstić information content (AvgIpc) is 2.47. The third-order valence-electron chi connectivity index (χ3n) is 1.87. The summed E-state index contributed by atoms with van der Waals surface area (Å²) >= 11 is 2.24. The van der Waals surface area contributed by atoms with Crippen LogP contribution in [0.4, 0.5) is 0 Å². The van der Waals surface area contributed by atoms with Gasteiger partial charge in [-0.3, -0.25) is 0 Å². The second-order valence-electron chi connectivity index (χ2n) is 2.86. The highest BCUT2D eigenvalue weighted by atomic mass is 127. The fourth-order valence-corrected chi connectivity index (χ4v) is 2.89. The zero-order valence-electron chi connectivity index (χ0n) is 6.95. The predicted octanol–water partition coefficient (Wildman–Crippen LogP) is 2.84. The number of halogens is 1. The highest BCUT2D eigenvalue weighted by Gasteiger charge is 2.06. The van der Waals surface area contributed by atoms with Crippen LogP contribution in [0.5, 0.6) is 5.75 Å². The van der Waals surface area contributed by atoms with Gasteiger partial charge in [0.15, 0.2) is 0 Å². The molecule has 1 N–H and O–H groups in total. The Morgan fingerprint density at radius 1 is 1.54 bits per heavy atom. The maximum absolute atomic E-state index is 9.69. The van der Waals surface area contributed by atoms with Crippen molar-refractivity contribution in [1.29, 1.82) is 0 Å². The van der Waals surface area contributed by atoms with E-state index in [1.54, 1.807) is 12.3 Å². The number of benzene rings is 1. The fourth-order valence-electron chi connectivity index (χ4n) is 1.36. The number of aryl methyl sites for hydroxylation is 1. The minimum absolute atomic E-state index is 0.316. The lowest BCUT2D eigenvalue weighted by atomic mass is 10.2. The molecule has 68 valence electrons. The molecule has 0 radical (unpaired) electrons. The molecule has 1 aromatic heterocycles. The van der Waals surface area contributed by atoms with Gasteiger partial charge in [-0.2, -0.15) is 5.10 Å². The van der Waals surface area contributed by atoms with Crippen molar-refractivity contribution >= 4 is 39.3 Å². The monoisotopic (exact) mass is 306 g/mol. The van der Waals surface area contributed by atoms with Crippen LogP contribution in [0.25, 0.3) is 10.9 Å². The Kier molecular flexibility index (Phi) is 2.43. The molecule has 1 aromatic carbocycles. The third kappa shape index (κ3) is 1.53. The topological polar surface area (TPSA) is 38.1 Å². The molecule has 3 nitrogen and oxygen atoms in total. The van der Waals surface area contributed by atoms with E-state index in [1.165, 1.54) is 0 Å². The van der Waals surface area contributed by atoms with Crippen LogP contribution in [-0.4, -0.2) is 14.7 Å². The molecule has 2 aromatic rings. The molecule has 0 aliphatic carbocycles. The number of rotatable bonds is 1. The summed E-state index contributed by atoms with van der Waals surface area (Å²) in [4.78, 5) is 0. The number of phenols is 1. The maximum atomic E-state index is 9.69. The van der Waals surface area contributed by atoms with Crippen LogP contribution in [0, 0.1) is 6.92 Å². The average molecular weight is 306 g/mol. The van der Waals surface area contributed by atoms with Crippen LogP contribution in [-0.2, 0) is 0 Å². The van der Waals surface area contributed by atoms with Gasteiger partial charge in [0.1, 0.15) is 11.3 Å². The summed E-state index contributed by atoms with van der Waals surface area (Å²) in [7, 11) is 0. The normalized spacial score (nSPS) is 11.8. The molecular weight excluding hydrogens is 298 g/mol. The van der Waals surface area contributed by atoms with E-state index in [9.17, 15) is 5.11 Å². The number of aromatic hydroxyl groups is 1. The van der Waals surface area contributed by atoms with E-state index in [2.05, 4.69) is 27.1 Å². The zero-order valence-corrected chi connectivity index (χ0v) is 10.1. The highest BCUT2D eigenvalue weighted by Crippen LogP contribution is 2.33. The van der Waals surface area contributed by atoms with Crippen molar-refractivity contribution < 1.29 is 5.11 Å². The number of hydrogen-bond acceptors (Lipinski definition) is 2. The predicted molar refractivity (Wildman–Crippen MR) is 63.9 cm³/mol. The Labute approximate surface area is 90.5 Å². The van der Waals surface area contributed by atoms with Crippen molar-refractivity contribution in [3.8, 4) is 5.75 Å². The lowest BCUT2D eigenvalue weighted by Crippen LogP contribution is -1.83. The summed E-state index contributed by atoms with van der Waals surface area (Å²) < 4.78 is 1.81. The van der Waals surface area contributed by atoms with E-state index in [0.717, 1.165) is 16.5 Å². The molecular formula is C8H8IN2OP. The largest absolute Gasteiger partial charge is 0.506 e. The second-order valence-corrected chi connectivity index (χ2v) is 4.90. The quantitative estimate of drug-likeness (QED) is 0.650. The van der Waals surface area contributed by atoms with E-state index >= 15 is 0 Å². The molecule has 1 atom stereocenters. The fraction of sp³-hybridized carbons (Fsp3) is 0.125. The number of aromatic nitrogens is 2. The van der Waals surface area contributed by atoms with Gasteiger partial charge in [0.05, 0.1) is 12.6 Å². The van der Waals surface area contributed by atoms with E-state index < -0.39 is 0 Å². The standard InChI is InChI=1S/C8H8IN2OP/c1-5-2-6-4-10-11(13-9)8(6)7(12)3-5/h2-4,12-13H,1H3.